The lowest BCUT2D eigenvalue weighted by atomic mass is 10.1. The smallest absolute Gasteiger partial charge is 0.253 e. The highest BCUT2D eigenvalue weighted by Crippen LogP contribution is 2.20. The largest absolute Gasteiger partial charge is 0.342 e. The predicted molar refractivity (Wildman–Crippen MR) is 68.7 cm³/mol. The highest BCUT2D eigenvalue weighted by Gasteiger charge is 2.16. The van der Waals surface area contributed by atoms with Gasteiger partial charge in [0.15, 0.2) is 5.78 Å². The molecule has 1 rings (SSSR count). The lowest BCUT2D eigenvalue weighted by molar-refractivity contribution is -0.120. The number of amides is 1. The van der Waals surface area contributed by atoms with Crippen molar-refractivity contribution in [2.24, 2.45) is 0 Å². The van der Waals surface area contributed by atoms with Gasteiger partial charge in [-0.05, 0) is 25.1 Å². The number of benzene rings is 1. The molecule has 0 heterocycles. The van der Waals surface area contributed by atoms with Crippen molar-refractivity contribution in [2.75, 3.05) is 0 Å². The summed E-state index contributed by atoms with van der Waals surface area (Å²) in [5, 5.41) is 3.32. The Labute approximate surface area is 110 Å². The normalized spacial score (nSPS) is 12.0. The van der Waals surface area contributed by atoms with E-state index in [2.05, 4.69) is 5.32 Å². The van der Waals surface area contributed by atoms with E-state index in [0.29, 0.717) is 17.0 Å². The Balaban J connectivity index is 2.80. The monoisotopic (exact) mass is 273 g/mol. The lowest BCUT2D eigenvalue weighted by Gasteiger charge is -2.12. The fourth-order valence-corrected chi connectivity index (χ4v) is 1.83. The van der Waals surface area contributed by atoms with Gasteiger partial charge in [-0.15, -0.1) is 0 Å². The lowest BCUT2D eigenvalue weighted by Crippen LogP contribution is -2.38. The molecule has 1 N–H and O–H groups in total. The van der Waals surface area contributed by atoms with Crippen LogP contribution in [0.1, 0.15) is 30.6 Å². The van der Waals surface area contributed by atoms with E-state index in [9.17, 15) is 9.59 Å². The van der Waals surface area contributed by atoms with E-state index in [0.717, 1.165) is 0 Å². The molecule has 0 saturated carbocycles. The zero-order chi connectivity index (χ0) is 13.0. The Bertz CT molecular complexity index is 446. The second kappa shape index (κ2) is 6.03. The Morgan fingerprint density at radius 2 is 2.00 bits per heavy atom. The third-order valence-corrected chi connectivity index (χ3v) is 2.90. The van der Waals surface area contributed by atoms with Gasteiger partial charge in [0, 0.05) is 11.4 Å². The van der Waals surface area contributed by atoms with Gasteiger partial charge in [0.1, 0.15) is 0 Å². The molecule has 1 amide bonds. The fraction of sp³-hybridized carbons (Fsp3) is 0.333. The van der Waals surface area contributed by atoms with Crippen LogP contribution in [0.25, 0.3) is 0 Å². The first-order chi connectivity index (χ1) is 7.95. The zero-order valence-electron chi connectivity index (χ0n) is 9.59. The molecule has 1 unspecified atom stereocenters. The van der Waals surface area contributed by atoms with Gasteiger partial charge in [0.05, 0.1) is 16.6 Å². The van der Waals surface area contributed by atoms with Crippen LogP contribution < -0.4 is 5.32 Å². The molecule has 0 bridgehead atoms. The molecule has 1 atom stereocenters. The maximum absolute atomic E-state index is 11.8. The van der Waals surface area contributed by atoms with Crippen LogP contribution in [0, 0.1) is 0 Å². The average molecular weight is 274 g/mol. The van der Waals surface area contributed by atoms with E-state index >= 15 is 0 Å². The van der Waals surface area contributed by atoms with Crippen molar-refractivity contribution in [3.63, 3.8) is 0 Å². The Kier molecular flexibility index (Phi) is 4.97. The van der Waals surface area contributed by atoms with Crippen LogP contribution >= 0.6 is 23.2 Å². The molecule has 92 valence electrons. The van der Waals surface area contributed by atoms with Crippen LogP contribution in [-0.4, -0.2) is 17.7 Å². The van der Waals surface area contributed by atoms with Gasteiger partial charge in [0.25, 0.3) is 5.91 Å². The van der Waals surface area contributed by atoms with Crippen LogP contribution in [-0.2, 0) is 4.79 Å². The number of nitrogens with one attached hydrogen (secondary N) is 1. The van der Waals surface area contributed by atoms with Gasteiger partial charge in [-0.3, -0.25) is 9.59 Å². The van der Waals surface area contributed by atoms with E-state index in [1.54, 1.807) is 19.9 Å². The van der Waals surface area contributed by atoms with Gasteiger partial charge in [0.2, 0.25) is 0 Å². The summed E-state index contributed by atoms with van der Waals surface area (Å²) in [5.74, 6) is -0.399. The molecule has 5 heteroatoms. The minimum atomic E-state index is -0.515. The zero-order valence-corrected chi connectivity index (χ0v) is 11.1. The fourth-order valence-electron chi connectivity index (χ4n) is 1.33. The maximum Gasteiger partial charge on any atom is 0.253 e. The molecule has 17 heavy (non-hydrogen) atoms. The maximum atomic E-state index is 11.8. The SMILES string of the molecule is CCC(=O)C(C)NC(=O)c1ccc(Cl)cc1Cl. The van der Waals surface area contributed by atoms with Crippen molar-refractivity contribution in [3.05, 3.63) is 33.8 Å². The van der Waals surface area contributed by atoms with Gasteiger partial charge < -0.3 is 5.32 Å². The van der Waals surface area contributed by atoms with E-state index < -0.39 is 6.04 Å². The van der Waals surface area contributed by atoms with Crippen LogP contribution in [0.2, 0.25) is 10.0 Å². The molecule has 0 aliphatic rings. The number of hydrogen-bond acceptors (Lipinski definition) is 2. The average Bonchev–Trinajstić information content (AvgIpc) is 2.27. The first-order valence-corrected chi connectivity index (χ1v) is 6.00. The summed E-state index contributed by atoms with van der Waals surface area (Å²) in [6.45, 7) is 3.40. The molecule has 0 spiro atoms. The molecule has 0 saturated heterocycles. The number of Topliss-reactive ketones (excluding diaryl/α,β-unsaturated/α-hetero) is 1. The molecule has 1 aromatic rings. The topological polar surface area (TPSA) is 46.2 Å². The summed E-state index contributed by atoms with van der Waals surface area (Å²) in [7, 11) is 0. The van der Waals surface area contributed by atoms with Gasteiger partial charge in [-0.25, -0.2) is 0 Å². The first-order valence-electron chi connectivity index (χ1n) is 5.24. The summed E-state index contributed by atoms with van der Waals surface area (Å²) in [6.07, 6.45) is 0.385. The highest BCUT2D eigenvalue weighted by atomic mass is 35.5. The minimum Gasteiger partial charge on any atom is -0.342 e. The molecule has 0 aliphatic carbocycles. The molecule has 0 radical (unpaired) electrons. The molecule has 0 fully saturated rings. The van der Waals surface area contributed by atoms with Gasteiger partial charge in [-0.1, -0.05) is 30.1 Å². The Morgan fingerprint density at radius 3 is 2.53 bits per heavy atom. The number of carbonyl (C=O) groups is 2. The van der Waals surface area contributed by atoms with E-state index in [1.807, 2.05) is 0 Å². The van der Waals surface area contributed by atoms with Crippen molar-refractivity contribution in [2.45, 2.75) is 26.3 Å². The van der Waals surface area contributed by atoms with Crippen LogP contribution in [0.3, 0.4) is 0 Å². The third-order valence-electron chi connectivity index (χ3n) is 2.35. The summed E-state index contributed by atoms with van der Waals surface area (Å²) < 4.78 is 0. The minimum absolute atomic E-state index is 0.0246. The van der Waals surface area contributed by atoms with Crippen LogP contribution in [0.4, 0.5) is 0 Å². The predicted octanol–water partition coefficient (Wildman–Crippen LogP) is 3.09. The second-order valence-electron chi connectivity index (χ2n) is 3.64. The number of carbonyl (C=O) groups excluding carboxylic acids is 2. The first kappa shape index (κ1) is 14.0. The van der Waals surface area contributed by atoms with Crippen molar-refractivity contribution in [1.29, 1.82) is 0 Å². The van der Waals surface area contributed by atoms with E-state index in [-0.39, 0.29) is 16.7 Å². The number of hydrogen-bond donors (Lipinski definition) is 1. The van der Waals surface area contributed by atoms with Crippen molar-refractivity contribution in [1.82, 2.24) is 5.32 Å². The van der Waals surface area contributed by atoms with Crippen LogP contribution in [0.15, 0.2) is 18.2 Å². The molecular weight excluding hydrogens is 261 g/mol. The Morgan fingerprint density at radius 1 is 1.35 bits per heavy atom. The molecule has 0 aromatic heterocycles. The van der Waals surface area contributed by atoms with Crippen molar-refractivity contribution < 1.29 is 9.59 Å². The van der Waals surface area contributed by atoms with Gasteiger partial charge in [-0.2, -0.15) is 0 Å². The summed E-state index contributed by atoms with van der Waals surface area (Å²) in [6, 6.07) is 4.08. The standard InChI is InChI=1S/C12H13Cl2NO2/c1-3-11(16)7(2)15-12(17)9-5-4-8(13)6-10(9)14/h4-7H,3H2,1-2H3,(H,15,17). The van der Waals surface area contributed by atoms with Crippen molar-refractivity contribution in [3.8, 4) is 0 Å². The van der Waals surface area contributed by atoms with Gasteiger partial charge >= 0.3 is 0 Å². The molecule has 0 aliphatic heterocycles. The molecular formula is C12H13Cl2NO2. The third kappa shape index (κ3) is 3.72. The number of halogens is 2. The molecule has 1 aromatic carbocycles. The van der Waals surface area contributed by atoms with Crippen molar-refractivity contribution >= 4 is 34.9 Å². The van der Waals surface area contributed by atoms with E-state index in [1.165, 1.54) is 12.1 Å². The quantitative estimate of drug-likeness (QED) is 0.917. The van der Waals surface area contributed by atoms with E-state index in [4.69, 9.17) is 23.2 Å². The summed E-state index contributed by atoms with van der Waals surface area (Å²) in [5.41, 5.74) is 0.312. The summed E-state index contributed by atoms with van der Waals surface area (Å²) >= 11 is 11.6. The summed E-state index contributed by atoms with van der Waals surface area (Å²) in [4.78, 5) is 23.2. The second-order valence-corrected chi connectivity index (χ2v) is 4.48. The highest BCUT2D eigenvalue weighted by molar-refractivity contribution is 6.36. The number of ketones is 1. The van der Waals surface area contributed by atoms with Crippen LogP contribution in [0.5, 0.6) is 0 Å². The molecule has 3 nitrogen and oxygen atoms in total. The number of rotatable bonds is 4. The Hall–Kier alpha value is -1.06.